The summed E-state index contributed by atoms with van der Waals surface area (Å²) < 4.78 is 2.05. The number of nitrogens with zero attached hydrogens (tertiary/aromatic N) is 1. The Morgan fingerprint density at radius 3 is 2.39 bits per heavy atom. The first-order valence-electron chi connectivity index (χ1n) is 10.1. The van der Waals surface area contributed by atoms with Gasteiger partial charge in [0.25, 0.3) is 0 Å². The fourth-order valence-corrected chi connectivity index (χ4v) is 3.78. The van der Waals surface area contributed by atoms with Crippen LogP contribution in [-0.4, -0.2) is 15.7 Å². The quantitative estimate of drug-likeness (QED) is 0.353. The van der Waals surface area contributed by atoms with E-state index in [4.69, 9.17) is 0 Å². The summed E-state index contributed by atoms with van der Waals surface area (Å²) in [6.07, 6.45) is 0. The van der Waals surface area contributed by atoms with Gasteiger partial charge in [-0.1, -0.05) is 36.9 Å². The van der Waals surface area contributed by atoms with E-state index in [-0.39, 0.29) is 11.8 Å². The van der Waals surface area contributed by atoms with Crippen molar-refractivity contribution in [1.29, 1.82) is 0 Å². The summed E-state index contributed by atoms with van der Waals surface area (Å²) in [7, 11) is 0. The lowest BCUT2D eigenvalue weighted by atomic mass is 10.1. The molecule has 2 amide bonds. The number of rotatable bonds is 4. The minimum Gasteiger partial charge on any atom is -0.508 e. The van der Waals surface area contributed by atoms with Crippen molar-refractivity contribution in [3.63, 3.8) is 0 Å². The van der Waals surface area contributed by atoms with Crippen LogP contribution in [0, 0.1) is 13.8 Å². The van der Waals surface area contributed by atoms with Crippen LogP contribution in [0.4, 0.5) is 16.2 Å². The zero-order valence-electron chi connectivity index (χ0n) is 17.9. The molecule has 0 bridgehead atoms. The molecule has 4 rings (SSSR count). The van der Waals surface area contributed by atoms with Crippen molar-refractivity contribution >= 4 is 33.9 Å². The molecule has 0 radical (unpaired) electrons. The summed E-state index contributed by atoms with van der Waals surface area (Å²) in [6.45, 7) is 10.0. The van der Waals surface area contributed by atoms with Crippen LogP contribution in [-0.2, 0) is 0 Å². The maximum absolute atomic E-state index is 13.0. The van der Waals surface area contributed by atoms with Gasteiger partial charge in [-0.3, -0.25) is 0 Å². The summed E-state index contributed by atoms with van der Waals surface area (Å²) >= 11 is 0. The van der Waals surface area contributed by atoms with Gasteiger partial charge >= 0.3 is 6.03 Å². The van der Waals surface area contributed by atoms with Crippen LogP contribution in [0.3, 0.4) is 0 Å². The van der Waals surface area contributed by atoms with Gasteiger partial charge in [0.2, 0.25) is 0 Å². The number of allylic oxidation sites excluding steroid dienone is 1. The second-order valence-electron chi connectivity index (χ2n) is 7.77. The number of hydrogen-bond acceptors (Lipinski definition) is 2. The molecule has 0 aliphatic carbocycles. The zero-order chi connectivity index (χ0) is 22.1. The molecule has 1 aromatic heterocycles. The number of phenols is 1. The number of nitrogens with one attached hydrogen (secondary N) is 2. The molecule has 0 atom stereocenters. The van der Waals surface area contributed by atoms with Crippen molar-refractivity contribution in [2.24, 2.45) is 0 Å². The van der Waals surface area contributed by atoms with Crippen LogP contribution in [0.25, 0.3) is 22.2 Å². The molecule has 5 heteroatoms. The second kappa shape index (κ2) is 8.03. The van der Waals surface area contributed by atoms with E-state index >= 15 is 0 Å². The minimum atomic E-state index is -0.315. The molecule has 0 saturated carbocycles. The number of urea groups is 1. The lowest BCUT2D eigenvalue weighted by molar-refractivity contribution is 0.262. The van der Waals surface area contributed by atoms with Crippen molar-refractivity contribution in [1.82, 2.24) is 4.57 Å². The number of aromatic hydroxyl groups is 1. The molecule has 0 aliphatic rings. The Morgan fingerprint density at radius 1 is 0.968 bits per heavy atom. The first-order chi connectivity index (χ1) is 14.8. The average molecular weight is 412 g/mol. The maximum Gasteiger partial charge on any atom is 0.323 e. The number of phenolic OH excluding ortho intramolecular Hbond substituents is 1. The number of amides is 2. The molecule has 0 spiro atoms. The third kappa shape index (κ3) is 3.90. The van der Waals surface area contributed by atoms with Crippen molar-refractivity contribution in [3.05, 3.63) is 90.1 Å². The van der Waals surface area contributed by atoms with E-state index in [2.05, 4.69) is 17.2 Å². The first kappa shape index (κ1) is 20.3. The van der Waals surface area contributed by atoms with Gasteiger partial charge in [0.15, 0.2) is 0 Å². The number of carbonyl (C=O) groups is 1. The first-order valence-corrected chi connectivity index (χ1v) is 10.1. The molecular weight excluding hydrogens is 386 g/mol. The number of hydrogen-bond donors (Lipinski definition) is 3. The molecule has 156 valence electrons. The third-order valence-electron chi connectivity index (χ3n) is 5.27. The van der Waals surface area contributed by atoms with Crippen molar-refractivity contribution in [2.45, 2.75) is 20.8 Å². The molecular formula is C26H25N3O2. The highest BCUT2D eigenvalue weighted by Crippen LogP contribution is 2.37. The third-order valence-corrected chi connectivity index (χ3v) is 5.27. The van der Waals surface area contributed by atoms with E-state index in [9.17, 15) is 9.90 Å². The van der Waals surface area contributed by atoms with Gasteiger partial charge in [0, 0.05) is 16.8 Å². The van der Waals surface area contributed by atoms with Crippen LogP contribution < -0.4 is 10.6 Å². The molecule has 0 fully saturated rings. The molecule has 0 saturated heterocycles. The van der Waals surface area contributed by atoms with Crippen LogP contribution in [0.2, 0.25) is 0 Å². The fraction of sp³-hybridized carbons (Fsp3) is 0.115. The molecule has 0 unspecified atom stereocenters. The molecule has 0 aliphatic heterocycles. The molecule has 4 aromatic rings. The lowest BCUT2D eigenvalue weighted by Crippen LogP contribution is -2.20. The summed E-state index contributed by atoms with van der Waals surface area (Å²) in [5.74, 6) is 0.198. The highest BCUT2D eigenvalue weighted by molar-refractivity contribution is 6.10. The predicted octanol–water partition coefficient (Wildman–Crippen LogP) is 6.63. The number of para-hydroxylation sites is 1. The van der Waals surface area contributed by atoms with Gasteiger partial charge in [0.05, 0.1) is 16.9 Å². The summed E-state index contributed by atoms with van der Waals surface area (Å²) in [4.78, 5) is 13.0. The van der Waals surface area contributed by atoms with E-state index < -0.39 is 0 Å². The van der Waals surface area contributed by atoms with Crippen molar-refractivity contribution in [2.75, 3.05) is 10.6 Å². The zero-order valence-corrected chi connectivity index (χ0v) is 17.9. The van der Waals surface area contributed by atoms with Crippen LogP contribution >= 0.6 is 0 Å². The number of benzene rings is 3. The largest absolute Gasteiger partial charge is 0.508 e. The summed E-state index contributed by atoms with van der Waals surface area (Å²) in [6, 6.07) is 20.5. The van der Waals surface area contributed by atoms with Crippen molar-refractivity contribution < 1.29 is 9.90 Å². The minimum absolute atomic E-state index is 0.198. The van der Waals surface area contributed by atoms with Gasteiger partial charge in [-0.2, -0.15) is 0 Å². The van der Waals surface area contributed by atoms with E-state index in [1.54, 1.807) is 12.1 Å². The Kier molecular flexibility index (Phi) is 5.26. The Morgan fingerprint density at radius 2 is 1.68 bits per heavy atom. The topological polar surface area (TPSA) is 66.3 Å². The number of fused-ring (bicyclic) bond motifs is 1. The van der Waals surface area contributed by atoms with Gasteiger partial charge in [-0.15, -0.1) is 0 Å². The van der Waals surface area contributed by atoms with Crippen molar-refractivity contribution in [3.8, 4) is 11.4 Å². The van der Waals surface area contributed by atoms with Gasteiger partial charge in [-0.25, -0.2) is 4.79 Å². The Bertz CT molecular complexity index is 1300. The standard InChI is InChI=1S/C26H25N3O2/c1-16(2)25-24(28-26(31)27-22-15-17(3)9-10-18(22)4)21-7-5-6-8-23(21)29(25)19-11-13-20(30)14-12-19/h5-15,30H,1H2,2-4H3,(H2,27,28,31). The molecule has 5 nitrogen and oxygen atoms in total. The molecule has 1 heterocycles. The second-order valence-corrected chi connectivity index (χ2v) is 7.77. The van der Waals surface area contributed by atoms with Crippen LogP contribution in [0.1, 0.15) is 23.7 Å². The van der Waals surface area contributed by atoms with Crippen LogP contribution in [0.15, 0.2) is 73.3 Å². The fourth-order valence-electron chi connectivity index (χ4n) is 3.78. The number of aryl methyl sites for hydroxylation is 2. The number of anilines is 2. The van der Waals surface area contributed by atoms with E-state index in [1.165, 1.54) is 0 Å². The molecule has 31 heavy (non-hydrogen) atoms. The highest BCUT2D eigenvalue weighted by atomic mass is 16.3. The summed E-state index contributed by atoms with van der Waals surface area (Å²) in [5, 5.41) is 16.6. The monoisotopic (exact) mass is 411 g/mol. The Labute approximate surface area is 181 Å². The Balaban J connectivity index is 1.81. The maximum atomic E-state index is 13.0. The van der Waals surface area contributed by atoms with E-state index in [1.807, 2.05) is 79.9 Å². The smallest absolute Gasteiger partial charge is 0.323 e. The van der Waals surface area contributed by atoms with Gasteiger partial charge in [-0.05, 0) is 73.9 Å². The Hall–Kier alpha value is -3.99. The van der Waals surface area contributed by atoms with Crippen LogP contribution in [0.5, 0.6) is 5.75 Å². The van der Waals surface area contributed by atoms with Gasteiger partial charge in [0.1, 0.15) is 5.75 Å². The SMILES string of the molecule is C=C(C)c1c(NC(=O)Nc2cc(C)ccc2C)c2ccccc2n1-c1ccc(O)cc1. The highest BCUT2D eigenvalue weighted by Gasteiger charge is 2.20. The lowest BCUT2D eigenvalue weighted by Gasteiger charge is -2.14. The van der Waals surface area contributed by atoms with Gasteiger partial charge < -0.3 is 20.3 Å². The number of carbonyl (C=O) groups excluding carboxylic acids is 1. The number of aromatic nitrogens is 1. The normalized spacial score (nSPS) is 10.8. The molecule has 3 N–H and O–H groups in total. The van der Waals surface area contributed by atoms with E-state index in [0.29, 0.717) is 5.69 Å². The summed E-state index contributed by atoms with van der Waals surface area (Å²) in [5.41, 5.74) is 6.97. The average Bonchev–Trinajstić information content (AvgIpc) is 3.06. The van der Waals surface area contributed by atoms with E-state index in [0.717, 1.165) is 44.7 Å². The molecule has 3 aromatic carbocycles. The predicted molar refractivity (Wildman–Crippen MR) is 128 cm³/mol.